The first kappa shape index (κ1) is 20.3. The van der Waals surface area contributed by atoms with E-state index in [0.717, 1.165) is 6.08 Å². The predicted molar refractivity (Wildman–Crippen MR) is 72.6 cm³/mol. The molecule has 0 fully saturated rings. The van der Waals surface area contributed by atoms with Crippen LogP contribution >= 0.6 is 0 Å². The van der Waals surface area contributed by atoms with Gasteiger partial charge in [0.15, 0.2) is 24.8 Å². The Balaban J connectivity index is 3.98. The number of aliphatic hydroxyl groups excluding tert-OH is 2. The Hall–Kier alpha value is -1.68. The SMILES string of the molecule is C=CC(O)OCCOC(=O)OC(C)C(O)OC(C)C(=O)OC. The molecular formula is C13H22O9. The number of methoxy groups -OCH3 is 1. The Morgan fingerprint density at radius 2 is 1.86 bits per heavy atom. The molecular weight excluding hydrogens is 300 g/mol. The first-order valence-electron chi connectivity index (χ1n) is 6.48. The van der Waals surface area contributed by atoms with Gasteiger partial charge in [0.1, 0.15) is 6.61 Å². The standard InChI is InChI=1S/C13H22O9/c1-5-10(14)19-6-7-20-13(17)22-9(3)12(16)21-8(2)11(15)18-4/h5,8-10,12,14,16H,1,6-7H2,2-4H3. The largest absolute Gasteiger partial charge is 0.508 e. The Labute approximate surface area is 128 Å². The van der Waals surface area contributed by atoms with Crippen LogP contribution in [0.15, 0.2) is 12.7 Å². The predicted octanol–water partition coefficient (Wildman–Crippen LogP) is -0.0544. The lowest BCUT2D eigenvalue weighted by atomic mass is 10.3. The Bertz CT molecular complexity index is 357. The Kier molecular flexibility index (Phi) is 10.1. The molecule has 0 bridgehead atoms. The number of hydrogen-bond donors (Lipinski definition) is 2. The summed E-state index contributed by atoms with van der Waals surface area (Å²) in [7, 11) is 1.18. The quantitative estimate of drug-likeness (QED) is 0.247. The maximum atomic E-state index is 11.3. The molecule has 0 aliphatic rings. The number of aliphatic hydroxyl groups is 2. The van der Waals surface area contributed by atoms with E-state index < -0.39 is 36.9 Å². The van der Waals surface area contributed by atoms with Crippen LogP contribution in [-0.2, 0) is 28.5 Å². The van der Waals surface area contributed by atoms with Crippen molar-refractivity contribution >= 4 is 12.1 Å². The maximum absolute atomic E-state index is 11.3. The van der Waals surface area contributed by atoms with Crippen molar-refractivity contribution in [3.05, 3.63) is 12.7 Å². The van der Waals surface area contributed by atoms with Crippen molar-refractivity contribution < 1.29 is 43.5 Å². The van der Waals surface area contributed by atoms with E-state index in [0.29, 0.717) is 0 Å². The molecule has 0 amide bonds. The van der Waals surface area contributed by atoms with Crippen molar-refractivity contribution in [1.82, 2.24) is 0 Å². The van der Waals surface area contributed by atoms with E-state index in [1.165, 1.54) is 21.0 Å². The summed E-state index contributed by atoms with van der Waals surface area (Å²) in [6.07, 6.45) is -4.65. The minimum absolute atomic E-state index is 0.0604. The first-order valence-corrected chi connectivity index (χ1v) is 6.48. The molecule has 0 saturated heterocycles. The van der Waals surface area contributed by atoms with Crippen molar-refractivity contribution in [3.8, 4) is 0 Å². The van der Waals surface area contributed by atoms with Crippen LogP contribution in [0.2, 0.25) is 0 Å². The number of ether oxygens (including phenoxy) is 5. The summed E-state index contributed by atoms with van der Waals surface area (Å²) >= 11 is 0. The summed E-state index contributed by atoms with van der Waals surface area (Å²) in [6, 6.07) is 0. The van der Waals surface area contributed by atoms with Crippen molar-refractivity contribution in [2.24, 2.45) is 0 Å². The molecule has 0 rings (SSSR count). The van der Waals surface area contributed by atoms with Gasteiger partial charge in [0.05, 0.1) is 13.7 Å². The highest BCUT2D eigenvalue weighted by molar-refractivity contribution is 5.73. The number of carbonyl (C=O) groups is 2. The van der Waals surface area contributed by atoms with Gasteiger partial charge < -0.3 is 33.9 Å². The fraction of sp³-hybridized carbons (Fsp3) is 0.692. The Morgan fingerprint density at radius 1 is 1.23 bits per heavy atom. The van der Waals surface area contributed by atoms with E-state index >= 15 is 0 Å². The van der Waals surface area contributed by atoms with E-state index in [2.05, 4.69) is 16.1 Å². The van der Waals surface area contributed by atoms with Gasteiger partial charge in [-0.15, -0.1) is 0 Å². The van der Waals surface area contributed by atoms with Gasteiger partial charge in [-0.1, -0.05) is 6.58 Å². The lowest BCUT2D eigenvalue weighted by molar-refractivity contribution is -0.198. The number of carbonyl (C=O) groups excluding carboxylic acids is 2. The molecule has 4 atom stereocenters. The summed E-state index contributed by atoms with van der Waals surface area (Å²) in [4.78, 5) is 22.4. The van der Waals surface area contributed by atoms with Crippen LogP contribution in [0.3, 0.4) is 0 Å². The van der Waals surface area contributed by atoms with Crippen LogP contribution in [0.4, 0.5) is 4.79 Å². The van der Waals surface area contributed by atoms with Crippen LogP contribution in [0.5, 0.6) is 0 Å². The molecule has 0 aromatic rings. The fourth-order valence-electron chi connectivity index (χ4n) is 1.15. The molecule has 0 heterocycles. The molecule has 9 nitrogen and oxygen atoms in total. The molecule has 0 aliphatic carbocycles. The molecule has 2 N–H and O–H groups in total. The summed E-state index contributed by atoms with van der Waals surface area (Å²) in [5.41, 5.74) is 0. The van der Waals surface area contributed by atoms with Gasteiger partial charge in [0.2, 0.25) is 0 Å². The third kappa shape index (κ3) is 8.57. The van der Waals surface area contributed by atoms with Gasteiger partial charge in [-0.3, -0.25) is 0 Å². The van der Waals surface area contributed by atoms with Gasteiger partial charge in [-0.25, -0.2) is 9.59 Å². The van der Waals surface area contributed by atoms with Gasteiger partial charge in [0.25, 0.3) is 0 Å². The zero-order valence-corrected chi connectivity index (χ0v) is 12.8. The average molecular weight is 322 g/mol. The smallest absolute Gasteiger partial charge is 0.467 e. The first-order chi connectivity index (χ1) is 10.3. The summed E-state index contributed by atoms with van der Waals surface area (Å²) in [6.45, 7) is 5.80. The van der Waals surface area contributed by atoms with Crippen LogP contribution in [-0.4, -0.2) is 67.4 Å². The minimum Gasteiger partial charge on any atom is -0.467 e. The molecule has 4 unspecified atom stereocenters. The second-order valence-electron chi connectivity index (χ2n) is 4.11. The van der Waals surface area contributed by atoms with Crippen molar-refractivity contribution in [2.75, 3.05) is 20.3 Å². The van der Waals surface area contributed by atoms with Gasteiger partial charge in [-0.05, 0) is 19.9 Å². The van der Waals surface area contributed by atoms with E-state index in [-0.39, 0.29) is 13.2 Å². The highest BCUT2D eigenvalue weighted by Crippen LogP contribution is 2.06. The normalized spacial score (nSPS) is 16.0. The fourth-order valence-corrected chi connectivity index (χ4v) is 1.15. The third-order valence-electron chi connectivity index (χ3n) is 2.35. The molecule has 9 heteroatoms. The van der Waals surface area contributed by atoms with Crippen molar-refractivity contribution in [3.63, 3.8) is 0 Å². The molecule has 0 radical (unpaired) electrons. The lowest BCUT2D eigenvalue weighted by Crippen LogP contribution is -2.36. The Morgan fingerprint density at radius 3 is 2.41 bits per heavy atom. The molecule has 0 aliphatic heterocycles. The number of rotatable bonds is 10. The molecule has 128 valence electrons. The molecule has 0 aromatic heterocycles. The van der Waals surface area contributed by atoms with Crippen molar-refractivity contribution in [1.29, 1.82) is 0 Å². The zero-order valence-electron chi connectivity index (χ0n) is 12.8. The second kappa shape index (κ2) is 11.0. The van der Waals surface area contributed by atoms with E-state index in [1.807, 2.05) is 0 Å². The van der Waals surface area contributed by atoms with Crippen LogP contribution in [0.25, 0.3) is 0 Å². The van der Waals surface area contributed by atoms with E-state index in [9.17, 15) is 14.7 Å². The monoisotopic (exact) mass is 322 g/mol. The highest BCUT2D eigenvalue weighted by atomic mass is 16.7. The van der Waals surface area contributed by atoms with Gasteiger partial charge in [0, 0.05) is 0 Å². The summed E-state index contributed by atoms with van der Waals surface area (Å²) < 4.78 is 23.5. The zero-order chi connectivity index (χ0) is 17.1. The van der Waals surface area contributed by atoms with Crippen LogP contribution in [0.1, 0.15) is 13.8 Å². The number of hydrogen-bond acceptors (Lipinski definition) is 9. The van der Waals surface area contributed by atoms with Crippen LogP contribution < -0.4 is 0 Å². The van der Waals surface area contributed by atoms with E-state index in [4.69, 9.17) is 19.3 Å². The van der Waals surface area contributed by atoms with Gasteiger partial charge in [-0.2, -0.15) is 0 Å². The summed E-state index contributed by atoms with van der Waals surface area (Å²) in [5.74, 6) is -0.674. The highest BCUT2D eigenvalue weighted by Gasteiger charge is 2.25. The molecule has 0 aromatic carbocycles. The maximum Gasteiger partial charge on any atom is 0.508 e. The van der Waals surface area contributed by atoms with Crippen molar-refractivity contribution in [2.45, 2.75) is 38.6 Å². The van der Waals surface area contributed by atoms with E-state index in [1.54, 1.807) is 0 Å². The average Bonchev–Trinajstić information content (AvgIpc) is 2.49. The molecule has 22 heavy (non-hydrogen) atoms. The number of esters is 1. The van der Waals surface area contributed by atoms with Gasteiger partial charge >= 0.3 is 12.1 Å². The lowest BCUT2D eigenvalue weighted by Gasteiger charge is -2.21. The topological polar surface area (TPSA) is 121 Å². The minimum atomic E-state index is -1.53. The second-order valence-corrected chi connectivity index (χ2v) is 4.11. The molecule has 0 saturated carbocycles. The molecule has 0 spiro atoms. The summed E-state index contributed by atoms with van der Waals surface area (Å²) in [5, 5.41) is 18.6. The third-order valence-corrected chi connectivity index (χ3v) is 2.35. The van der Waals surface area contributed by atoms with Crippen LogP contribution in [0, 0.1) is 0 Å².